The largest absolute Gasteiger partial charge is 0.497 e. The molecule has 0 amide bonds. The molecule has 0 spiro atoms. The lowest BCUT2D eigenvalue weighted by atomic mass is 9.85. The Hall–Kier alpha value is -1.57. The van der Waals surface area contributed by atoms with Gasteiger partial charge in [-0.15, -0.1) is 0 Å². The van der Waals surface area contributed by atoms with Gasteiger partial charge in [0, 0.05) is 0 Å². The zero-order valence-electron chi connectivity index (χ0n) is 8.99. The van der Waals surface area contributed by atoms with E-state index < -0.39 is 0 Å². The van der Waals surface area contributed by atoms with E-state index in [2.05, 4.69) is 6.92 Å². The second-order valence-electron chi connectivity index (χ2n) is 3.93. The first-order valence-electron chi connectivity index (χ1n) is 5.08. The first-order valence-corrected chi connectivity index (χ1v) is 5.08. The van der Waals surface area contributed by atoms with Crippen LogP contribution in [0.4, 0.5) is 0 Å². The van der Waals surface area contributed by atoms with E-state index in [1.807, 2.05) is 24.3 Å². The van der Waals surface area contributed by atoms with Crippen molar-refractivity contribution in [3.63, 3.8) is 0 Å². The molecule has 2 heteroatoms. The van der Waals surface area contributed by atoms with E-state index in [4.69, 9.17) is 4.74 Å². The maximum atomic E-state index is 10.8. The van der Waals surface area contributed by atoms with Crippen molar-refractivity contribution in [1.82, 2.24) is 0 Å². The number of benzene rings is 1. The summed E-state index contributed by atoms with van der Waals surface area (Å²) in [5.74, 6) is 1.19. The van der Waals surface area contributed by atoms with Gasteiger partial charge in [-0.3, -0.25) is 4.79 Å². The van der Waals surface area contributed by atoms with Gasteiger partial charge in [0.2, 0.25) is 0 Å². The molecule has 0 aliphatic heterocycles. The van der Waals surface area contributed by atoms with Gasteiger partial charge in [0.05, 0.1) is 7.11 Å². The average Bonchev–Trinajstić information content (AvgIpc) is 2.27. The number of fused-ring (bicyclic) bond motifs is 1. The molecule has 0 heterocycles. The highest BCUT2D eigenvalue weighted by atomic mass is 16.5. The summed E-state index contributed by atoms with van der Waals surface area (Å²) < 4.78 is 5.18. The minimum atomic E-state index is 0.308. The summed E-state index contributed by atoms with van der Waals surface area (Å²) in [5, 5.41) is 0. The molecule has 0 saturated heterocycles. The van der Waals surface area contributed by atoms with E-state index in [0.29, 0.717) is 5.92 Å². The predicted molar refractivity (Wildman–Crippen MR) is 59.9 cm³/mol. The van der Waals surface area contributed by atoms with Gasteiger partial charge in [0.1, 0.15) is 12.0 Å². The number of carbonyl (C=O) groups is 1. The molecule has 0 saturated carbocycles. The number of allylic oxidation sites excluding steroid dienone is 1. The Bertz CT molecular complexity index is 419. The third-order valence-electron chi connectivity index (χ3n) is 2.90. The molecule has 1 aromatic carbocycles. The van der Waals surface area contributed by atoms with E-state index in [9.17, 15) is 4.79 Å². The molecule has 1 unspecified atom stereocenters. The number of hydrogen-bond donors (Lipinski definition) is 0. The SMILES string of the molecule is COc1ccc2c(c1)CC(C)C(C=O)=C2. The fraction of sp³-hybridized carbons (Fsp3) is 0.308. The van der Waals surface area contributed by atoms with Crippen LogP contribution in [0.15, 0.2) is 23.8 Å². The van der Waals surface area contributed by atoms with E-state index in [-0.39, 0.29) is 0 Å². The molecule has 1 aromatic rings. The summed E-state index contributed by atoms with van der Waals surface area (Å²) in [6.45, 7) is 2.07. The molecular weight excluding hydrogens is 188 g/mol. The molecule has 1 aliphatic rings. The summed E-state index contributed by atoms with van der Waals surface area (Å²) in [6, 6.07) is 5.97. The third-order valence-corrected chi connectivity index (χ3v) is 2.90. The van der Waals surface area contributed by atoms with E-state index in [1.165, 1.54) is 5.56 Å². The Kier molecular flexibility index (Phi) is 2.58. The van der Waals surface area contributed by atoms with Gasteiger partial charge in [-0.1, -0.05) is 13.0 Å². The number of rotatable bonds is 2. The predicted octanol–water partition coefficient (Wildman–Crippen LogP) is 2.47. The molecule has 0 radical (unpaired) electrons. The van der Waals surface area contributed by atoms with Crippen LogP contribution < -0.4 is 4.74 Å². The second-order valence-corrected chi connectivity index (χ2v) is 3.93. The lowest BCUT2D eigenvalue weighted by molar-refractivity contribution is -0.105. The summed E-state index contributed by atoms with van der Waals surface area (Å²) in [5.41, 5.74) is 3.27. The summed E-state index contributed by atoms with van der Waals surface area (Å²) in [7, 11) is 1.67. The highest BCUT2D eigenvalue weighted by molar-refractivity contribution is 5.84. The summed E-state index contributed by atoms with van der Waals surface area (Å²) in [4.78, 5) is 10.8. The number of ether oxygens (including phenoxy) is 1. The van der Waals surface area contributed by atoms with Crippen LogP contribution in [0.5, 0.6) is 5.75 Å². The van der Waals surface area contributed by atoms with Gasteiger partial charge < -0.3 is 4.74 Å². The molecule has 0 aromatic heterocycles. The molecule has 1 aliphatic carbocycles. The lowest BCUT2D eigenvalue weighted by Crippen LogP contribution is -2.10. The molecule has 2 rings (SSSR count). The van der Waals surface area contributed by atoms with Crippen molar-refractivity contribution in [1.29, 1.82) is 0 Å². The van der Waals surface area contributed by atoms with Gasteiger partial charge in [-0.25, -0.2) is 0 Å². The van der Waals surface area contributed by atoms with Crippen molar-refractivity contribution in [2.45, 2.75) is 13.3 Å². The topological polar surface area (TPSA) is 26.3 Å². The normalized spacial score (nSPS) is 19.1. The average molecular weight is 202 g/mol. The maximum Gasteiger partial charge on any atom is 0.146 e. The maximum absolute atomic E-state index is 10.8. The quantitative estimate of drug-likeness (QED) is 0.689. The fourth-order valence-corrected chi connectivity index (χ4v) is 1.95. The minimum absolute atomic E-state index is 0.308. The fourth-order valence-electron chi connectivity index (χ4n) is 1.95. The highest BCUT2D eigenvalue weighted by Crippen LogP contribution is 2.29. The van der Waals surface area contributed by atoms with Crippen LogP contribution in [0.25, 0.3) is 6.08 Å². The first-order chi connectivity index (χ1) is 7.24. The molecule has 1 atom stereocenters. The van der Waals surface area contributed by atoms with Crippen LogP contribution in [0.2, 0.25) is 0 Å². The van der Waals surface area contributed by atoms with Crippen LogP contribution in [-0.4, -0.2) is 13.4 Å². The number of hydrogen-bond acceptors (Lipinski definition) is 2. The number of carbonyl (C=O) groups excluding carboxylic acids is 1. The lowest BCUT2D eigenvalue weighted by Gasteiger charge is -2.20. The van der Waals surface area contributed by atoms with E-state index >= 15 is 0 Å². The van der Waals surface area contributed by atoms with E-state index in [0.717, 1.165) is 29.6 Å². The van der Waals surface area contributed by atoms with Crippen molar-refractivity contribution in [3.05, 3.63) is 34.9 Å². The van der Waals surface area contributed by atoms with Crippen LogP contribution >= 0.6 is 0 Å². The summed E-state index contributed by atoms with van der Waals surface area (Å²) >= 11 is 0. The van der Waals surface area contributed by atoms with Crippen LogP contribution in [-0.2, 0) is 11.2 Å². The standard InChI is InChI=1S/C13H14O2/c1-9-5-11-7-13(15-2)4-3-10(11)6-12(9)8-14/h3-4,6-9H,5H2,1-2H3. The van der Waals surface area contributed by atoms with Crippen molar-refractivity contribution in [2.24, 2.45) is 5.92 Å². The Morgan fingerprint density at radius 1 is 1.47 bits per heavy atom. The van der Waals surface area contributed by atoms with Gasteiger partial charge in [0.15, 0.2) is 0 Å². The molecule has 0 fully saturated rings. The minimum Gasteiger partial charge on any atom is -0.497 e. The smallest absolute Gasteiger partial charge is 0.146 e. The Morgan fingerprint density at radius 3 is 2.93 bits per heavy atom. The Balaban J connectivity index is 2.45. The Morgan fingerprint density at radius 2 is 2.27 bits per heavy atom. The molecule has 78 valence electrons. The molecule has 0 bridgehead atoms. The van der Waals surface area contributed by atoms with Crippen molar-refractivity contribution in [2.75, 3.05) is 7.11 Å². The van der Waals surface area contributed by atoms with Crippen molar-refractivity contribution < 1.29 is 9.53 Å². The van der Waals surface area contributed by atoms with Crippen LogP contribution in [0, 0.1) is 5.92 Å². The van der Waals surface area contributed by atoms with Crippen LogP contribution in [0.1, 0.15) is 18.1 Å². The van der Waals surface area contributed by atoms with Gasteiger partial charge >= 0.3 is 0 Å². The monoisotopic (exact) mass is 202 g/mol. The van der Waals surface area contributed by atoms with Crippen molar-refractivity contribution in [3.8, 4) is 5.75 Å². The molecule has 0 N–H and O–H groups in total. The van der Waals surface area contributed by atoms with E-state index in [1.54, 1.807) is 7.11 Å². The second kappa shape index (κ2) is 3.89. The van der Waals surface area contributed by atoms with Crippen molar-refractivity contribution >= 4 is 12.4 Å². The zero-order chi connectivity index (χ0) is 10.8. The summed E-state index contributed by atoms with van der Waals surface area (Å²) in [6.07, 6.45) is 3.84. The third kappa shape index (κ3) is 1.80. The molecule has 15 heavy (non-hydrogen) atoms. The number of methoxy groups -OCH3 is 1. The molecular formula is C13H14O2. The molecule has 2 nitrogen and oxygen atoms in total. The van der Waals surface area contributed by atoms with Gasteiger partial charge in [0.25, 0.3) is 0 Å². The van der Waals surface area contributed by atoms with Gasteiger partial charge in [-0.2, -0.15) is 0 Å². The first kappa shape index (κ1) is 9.97. The highest BCUT2D eigenvalue weighted by Gasteiger charge is 2.17. The zero-order valence-corrected chi connectivity index (χ0v) is 8.99. The Labute approximate surface area is 89.6 Å². The number of aldehydes is 1. The van der Waals surface area contributed by atoms with Gasteiger partial charge in [-0.05, 0) is 47.2 Å². The van der Waals surface area contributed by atoms with Crippen LogP contribution in [0.3, 0.4) is 0 Å².